The lowest BCUT2D eigenvalue weighted by Crippen LogP contribution is -2.39. The molecular formula is C17H20ClN3O2. The summed E-state index contributed by atoms with van der Waals surface area (Å²) < 4.78 is 0. The van der Waals surface area contributed by atoms with E-state index < -0.39 is 0 Å². The van der Waals surface area contributed by atoms with E-state index >= 15 is 0 Å². The van der Waals surface area contributed by atoms with E-state index in [4.69, 9.17) is 11.6 Å². The molecule has 5 nitrogen and oxygen atoms in total. The Labute approximate surface area is 141 Å². The molecule has 23 heavy (non-hydrogen) atoms. The third-order valence-electron chi connectivity index (χ3n) is 3.49. The first-order valence-electron chi connectivity index (χ1n) is 7.67. The van der Waals surface area contributed by atoms with Crippen molar-refractivity contribution >= 4 is 35.7 Å². The zero-order chi connectivity index (χ0) is 16.5. The van der Waals surface area contributed by atoms with Gasteiger partial charge in [-0.25, -0.2) is 5.43 Å². The van der Waals surface area contributed by atoms with E-state index in [9.17, 15) is 9.59 Å². The first-order chi connectivity index (χ1) is 11.1. The summed E-state index contributed by atoms with van der Waals surface area (Å²) >= 11 is 6.03. The van der Waals surface area contributed by atoms with E-state index in [2.05, 4.69) is 10.5 Å². The van der Waals surface area contributed by atoms with Gasteiger partial charge in [0.05, 0.1) is 11.2 Å². The molecule has 1 saturated heterocycles. The van der Waals surface area contributed by atoms with Gasteiger partial charge in [-0.1, -0.05) is 48.4 Å². The number of hydrogen-bond donors (Lipinski definition) is 1. The standard InChI is InChI=1S/C17H20ClN3O2/c18-15(11-14-7-3-1-4-8-14)12-19-20-16(22)13-21-10-6-2-5-9-17(21)23/h1,3-4,7-8,11-12H,2,5-6,9-10,13H2,(H,20,22)/b15-11-,19-12-. The molecule has 0 aromatic heterocycles. The highest BCUT2D eigenvalue weighted by Gasteiger charge is 2.18. The molecule has 6 heteroatoms. The average molecular weight is 334 g/mol. The third kappa shape index (κ3) is 6.24. The van der Waals surface area contributed by atoms with Gasteiger partial charge in [-0.05, 0) is 24.5 Å². The van der Waals surface area contributed by atoms with Gasteiger partial charge in [0.15, 0.2) is 0 Å². The number of allylic oxidation sites excluding steroid dienone is 1. The van der Waals surface area contributed by atoms with Gasteiger partial charge in [0, 0.05) is 13.0 Å². The summed E-state index contributed by atoms with van der Waals surface area (Å²) in [6.45, 7) is 0.667. The van der Waals surface area contributed by atoms with Crippen LogP contribution < -0.4 is 5.43 Å². The van der Waals surface area contributed by atoms with Crippen LogP contribution in [0.4, 0.5) is 0 Å². The summed E-state index contributed by atoms with van der Waals surface area (Å²) in [5.74, 6) is -0.288. The number of nitrogens with one attached hydrogen (secondary N) is 1. The molecule has 1 aliphatic heterocycles. The molecular weight excluding hydrogens is 314 g/mol. The second-order valence-electron chi connectivity index (χ2n) is 5.36. The minimum absolute atomic E-state index is 0.0311. The number of likely N-dealkylation sites (tertiary alicyclic amines) is 1. The van der Waals surface area contributed by atoms with E-state index in [1.165, 1.54) is 6.21 Å². The van der Waals surface area contributed by atoms with Gasteiger partial charge in [0.25, 0.3) is 5.91 Å². The number of carbonyl (C=O) groups excluding carboxylic acids is 2. The molecule has 1 aliphatic rings. The summed E-state index contributed by atoms with van der Waals surface area (Å²) in [6.07, 6.45) is 6.50. The van der Waals surface area contributed by atoms with Crippen LogP contribution in [0.15, 0.2) is 40.5 Å². The van der Waals surface area contributed by atoms with Gasteiger partial charge in [0.2, 0.25) is 5.91 Å². The molecule has 0 spiro atoms. The lowest BCUT2D eigenvalue weighted by atomic mass is 10.2. The van der Waals surface area contributed by atoms with E-state index in [1.807, 2.05) is 30.3 Å². The molecule has 0 radical (unpaired) electrons. The van der Waals surface area contributed by atoms with Crippen LogP contribution in [-0.4, -0.2) is 36.0 Å². The van der Waals surface area contributed by atoms with Crippen LogP contribution >= 0.6 is 11.6 Å². The lowest BCUT2D eigenvalue weighted by Gasteiger charge is -2.18. The summed E-state index contributed by atoms with van der Waals surface area (Å²) in [7, 11) is 0. The Hall–Kier alpha value is -2.14. The van der Waals surface area contributed by atoms with Gasteiger partial charge >= 0.3 is 0 Å². The topological polar surface area (TPSA) is 61.8 Å². The quantitative estimate of drug-likeness (QED) is 0.665. The Balaban J connectivity index is 1.81. The third-order valence-corrected chi connectivity index (χ3v) is 3.69. The van der Waals surface area contributed by atoms with Crippen molar-refractivity contribution in [2.45, 2.75) is 25.7 Å². The number of carbonyl (C=O) groups is 2. The van der Waals surface area contributed by atoms with Gasteiger partial charge in [-0.15, -0.1) is 0 Å². The highest BCUT2D eigenvalue weighted by molar-refractivity contribution is 6.41. The molecule has 0 atom stereocenters. The maximum absolute atomic E-state index is 11.8. The molecule has 1 aromatic rings. The summed E-state index contributed by atoms with van der Waals surface area (Å²) in [4.78, 5) is 25.2. The van der Waals surface area contributed by atoms with E-state index in [1.54, 1.807) is 11.0 Å². The molecule has 1 N–H and O–H groups in total. The molecule has 122 valence electrons. The van der Waals surface area contributed by atoms with Gasteiger partial charge in [-0.2, -0.15) is 5.10 Å². The van der Waals surface area contributed by atoms with Crippen molar-refractivity contribution in [2.75, 3.05) is 13.1 Å². The van der Waals surface area contributed by atoms with E-state index in [0.29, 0.717) is 18.0 Å². The maximum Gasteiger partial charge on any atom is 0.259 e. The lowest BCUT2D eigenvalue weighted by molar-refractivity contribution is -0.135. The van der Waals surface area contributed by atoms with Gasteiger partial charge in [0.1, 0.15) is 6.54 Å². The largest absolute Gasteiger partial charge is 0.333 e. The molecule has 0 aliphatic carbocycles. The number of halogens is 1. The number of nitrogens with zero attached hydrogens (tertiary/aromatic N) is 2. The fraction of sp³-hybridized carbons (Fsp3) is 0.353. The number of rotatable bonds is 5. The van der Waals surface area contributed by atoms with Crippen molar-refractivity contribution in [3.63, 3.8) is 0 Å². The zero-order valence-corrected chi connectivity index (χ0v) is 13.6. The summed E-state index contributed by atoms with van der Waals surface area (Å²) in [6, 6.07) is 9.57. The van der Waals surface area contributed by atoms with Crippen LogP contribution in [0.5, 0.6) is 0 Å². The van der Waals surface area contributed by atoms with Gasteiger partial charge in [-0.3, -0.25) is 9.59 Å². The van der Waals surface area contributed by atoms with Crippen molar-refractivity contribution in [3.8, 4) is 0 Å². The fourth-order valence-electron chi connectivity index (χ4n) is 2.33. The highest BCUT2D eigenvalue weighted by Crippen LogP contribution is 2.10. The number of amides is 2. The minimum atomic E-state index is -0.319. The van der Waals surface area contributed by atoms with Crippen LogP contribution in [0, 0.1) is 0 Å². The second kappa shape index (κ2) is 9.10. The van der Waals surface area contributed by atoms with Crippen LogP contribution in [-0.2, 0) is 9.59 Å². The molecule has 1 aromatic carbocycles. The fourth-order valence-corrected chi connectivity index (χ4v) is 2.50. The molecule has 0 bridgehead atoms. The minimum Gasteiger partial charge on any atom is -0.333 e. The summed E-state index contributed by atoms with van der Waals surface area (Å²) in [5, 5.41) is 4.22. The van der Waals surface area contributed by atoms with Crippen molar-refractivity contribution in [1.82, 2.24) is 10.3 Å². The second-order valence-corrected chi connectivity index (χ2v) is 5.80. The zero-order valence-electron chi connectivity index (χ0n) is 12.9. The maximum atomic E-state index is 11.8. The predicted octanol–water partition coefficient (Wildman–Crippen LogP) is 2.77. The van der Waals surface area contributed by atoms with Crippen molar-refractivity contribution in [1.29, 1.82) is 0 Å². The molecule has 0 saturated carbocycles. The molecule has 0 unspecified atom stereocenters. The SMILES string of the molecule is O=C(CN1CCCCCC1=O)N/N=C\C(Cl)=C\c1ccccc1. The molecule has 2 amide bonds. The highest BCUT2D eigenvalue weighted by atomic mass is 35.5. The van der Waals surface area contributed by atoms with E-state index in [-0.39, 0.29) is 18.4 Å². The van der Waals surface area contributed by atoms with Crippen molar-refractivity contribution in [3.05, 3.63) is 40.9 Å². The number of hydrogen-bond acceptors (Lipinski definition) is 3. The molecule has 1 heterocycles. The Morgan fingerprint density at radius 3 is 2.83 bits per heavy atom. The van der Waals surface area contributed by atoms with Gasteiger partial charge < -0.3 is 4.90 Å². The predicted molar refractivity (Wildman–Crippen MR) is 92.0 cm³/mol. The van der Waals surface area contributed by atoms with Crippen molar-refractivity contribution in [2.24, 2.45) is 5.10 Å². The number of benzene rings is 1. The monoisotopic (exact) mass is 333 g/mol. The number of hydrazone groups is 1. The average Bonchev–Trinajstić information content (AvgIpc) is 2.73. The Kier molecular flexibility index (Phi) is 6.81. The van der Waals surface area contributed by atoms with Crippen LogP contribution in [0.2, 0.25) is 0 Å². The smallest absolute Gasteiger partial charge is 0.259 e. The first-order valence-corrected chi connectivity index (χ1v) is 8.05. The Morgan fingerprint density at radius 1 is 1.26 bits per heavy atom. The van der Waals surface area contributed by atoms with E-state index in [0.717, 1.165) is 24.8 Å². The Morgan fingerprint density at radius 2 is 2.04 bits per heavy atom. The van der Waals surface area contributed by atoms with Crippen LogP contribution in [0.1, 0.15) is 31.2 Å². The van der Waals surface area contributed by atoms with Crippen LogP contribution in [0.3, 0.4) is 0 Å². The first kappa shape index (κ1) is 17.2. The normalized spacial score (nSPS) is 16.5. The van der Waals surface area contributed by atoms with Crippen LogP contribution in [0.25, 0.3) is 6.08 Å². The molecule has 1 fully saturated rings. The Bertz CT molecular complexity index is 599. The summed E-state index contributed by atoms with van der Waals surface area (Å²) in [5.41, 5.74) is 3.35. The van der Waals surface area contributed by atoms with Crippen molar-refractivity contribution < 1.29 is 9.59 Å². The molecule has 2 rings (SSSR count).